The third-order valence-electron chi connectivity index (χ3n) is 3.13. The SMILES string of the molecule is CCn1ccnc(NC2(C)CCC2)c1=O. The molecule has 0 aromatic carbocycles. The second-order valence-electron chi connectivity index (χ2n) is 4.41. The Labute approximate surface area is 89.3 Å². The maximum atomic E-state index is 11.9. The molecule has 1 aliphatic carbocycles. The van der Waals surface area contributed by atoms with E-state index in [2.05, 4.69) is 17.2 Å². The zero-order chi connectivity index (χ0) is 10.9. The van der Waals surface area contributed by atoms with Gasteiger partial charge >= 0.3 is 0 Å². The molecule has 1 heterocycles. The lowest BCUT2D eigenvalue weighted by Crippen LogP contribution is -2.44. The van der Waals surface area contributed by atoms with Gasteiger partial charge in [0.2, 0.25) is 0 Å². The van der Waals surface area contributed by atoms with Crippen molar-refractivity contribution in [1.29, 1.82) is 0 Å². The summed E-state index contributed by atoms with van der Waals surface area (Å²) in [6.07, 6.45) is 6.87. The van der Waals surface area contributed by atoms with Gasteiger partial charge in [0.25, 0.3) is 5.56 Å². The van der Waals surface area contributed by atoms with Gasteiger partial charge in [-0.25, -0.2) is 4.98 Å². The highest BCUT2D eigenvalue weighted by molar-refractivity contribution is 5.35. The van der Waals surface area contributed by atoms with Crippen molar-refractivity contribution in [3.63, 3.8) is 0 Å². The Morgan fingerprint density at radius 1 is 1.60 bits per heavy atom. The minimum atomic E-state index is -0.0203. The van der Waals surface area contributed by atoms with E-state index in [0.29, 0.717) is 12.4 Å². The number of aryl methyl sites for hydroxylation is 1. The lowest BCUT2D eigenvalue weighted by Gasteiger charge is -2.39. The first-order valence-corrected chi connectivity index (χ1v) is 5.48. The summed E-state index contributed by atoms with van der Waals surface area (Å²) in [5.41, 5.74) is 0.0622. The normalized spacial score (nSPS) is 18.3. The van der Waals surface area contributed by atoms with Gasteiger partial charge in [-0.15, -0.1) is 0 Å². The van der Waals surface area contributed by atoms with Gasteiger partial charge in [0.1, 0.15) is 0 Å². The van der Waals surface area contributed by atoms with Crippen molar-refractivity contribution in [3.05, 3.63) is 22.7 Å². The zero-order valence-corrected chi connectivity index (χ0v) is 9.29. The summed E-state index contributed by atoms with van der Waals surface area (Å²) >= 11 is 0. The molecule has 0 atom stereocenters. The summed E-state index contributed by atoms with van der Waals surface area (Å²) in [7, 11) is 0. The Morgan fingerprint density at radius 3 is 2.87 bits per heavy atom. The molecule has 1 aromatic heterocycles. The smallest absolute Gasteiger partial charge is 0.293 e. The highest BCUT2D eigenvalue weighted by Gasteiger charge is 2.32. The van der Waals surface area contributed by atoms with Crippen molar-refractivity contribution in [2.45, 2.75) is 45.2 Å². The number of nitrogens with zero attached hydrogens (tertiary/aromatic N) is 2. The van der Waals surface area contributed by atoms with Crippen molar-refractivity contribution in [2.24, 2.45) is 0 Å². The fraction of sp³-hybridized carbons (Fsp3) is 0.636. The molecular weight excluding hydrogens is 190 g/mol. The summed E-state index contributed by atoms with van der Waals surface area (Å²) in [4.78, 5) is 16.0. The van der Waals surface area contributed by atoms with Crippen LogP contribution in [0.25, 0.3) is 0 Å². The molecule has 0 amide bonds. The third-order valence-corrected chi connectivity index (χ3v) is 3.13. The molecular formula is C11H17N3O. The number of hydrogen-bond donors (Lipinski definition) is 1. The van der Waals surface area contributed by atoms with Crippen LogP contribution in [-0.2, 0) is 6.54 Å². The number of rotatable bonds is 3. The molecule has 82 valence electrons. The van der Waals surface area contributed by atoms with Crippen LogP contribution in [0.5, 0.6) is 0 Å². The minimum Gasteiger partial charge on any atom is -0.360 e. The van der Waals surface area contributed by atoms with Crippen LogP contribution in [0.2, 0.25) is 0 Å². The van der Waals surface area contributed by atoms with E-state index < -0.39 is 0 Å². The molecule has 2 rings (SSSR count). The molecule has 0 aliphatic heterocycles. The summed E-state index contributed by atoms with van der Waals surface area (Å²) in [5, 5.41) is 3.25. The van der Waals surface area contributed by atoms with Gasteiger partial charge in [-0.1, -0.05) is 0 Å². The van der Waals surface area contributed by atoms with Crippen LogP contribution in [0, 0.1) is 0 Å². The van der Waals surface area contributed by atoms with Gasteiger partial charge in [0, 0.05) is 24.5 Å². The molecule has 1 N–H and O–H groups in total. The van der Waals surface area contributed by atoms with Gasteiger partial charge in [-0.05, 0) is 33.1 Å². The number of anilines is 1. The maximum absolute atomic E-state index is 11.9. The number of aromatic nitrogens is 2. The molecule has 0 radical (unpaired) electrons. The van der Waals surface area contributed by atoms with E-state index in [1.165, 1.54) is 6.42 Å². The summed E-state index contributed by atoms with van der Waals surface area (Å²) in [6.45, 7) is 4.78. The lowest BCUT2D eigenvalue weighted by atomic mass is 9.78. The first kappa shape index (κ1) is 10.2. The van der Waals surface area contributed by atoms with Crippen LogP contribution in [0.1, 0.15) is 33.1 Å². The maximum Gasteiger partial charge on any atom is 0.293 e. The van der Waals surface area contributed by atoms with Gasteiger partial charge in [0.05, 0.1) is 0 Å². The van der Waals surface area contributed by atoms with Crippen molar-refractivity contribution < 1.29 is 0 Å². The molecule has 1 aromatic rings. The average molecular weight is 207 g/mol. The predicted octanol–water partition coefficient (Wildman–Crippen LogP) is 1.62. The molecule has 0 unspecified atom stereocenters. The van der Waals surface area contributed by atoms with Crippen molar-refractivity contribution in [2.75, 3.05) is 5.32 Å². The molecule has 4 nitrogen and oxygen atoms in total. The van der Waals surface area contributed by atoms with Crippen molar-refractivity contribution in [1.82, 2.24) is 9.55 Å². The van der Waals surface area contributed by atoms with E-state index in [4.69, 9.17) is 0 Å². The second kappa shape index (κ2) is 3.68. The van der Waals surface area contributed by atoms with E-state index in [0.717, 1.165) is 12.8 Å². The molecule has 0 spiro atoms. The molecule has 1 saturated carbocycles. The van der Waals surface area contributed by atoms with E-state index >= 15 is 0 Å². The number of nitrogens with one attached hydrogen (secondary N) is 1. The Morgan fingerprint density at radius 2 is 2.33 bits per heavy atom. The molecule has 0 bridgehead atoms. The molecule has 15 heavy (non-hydrogen) atoms. The van der Waals surface area contributed by atoms with Crippen LogP contribution in [0.15, 0.2) is 17.2 Å². The Balaban J connectivity index is 2.25. The average Bonchev–Trinajstić information content (AvgIpc) is 2.19. The van der Waals surface area contributed by atoms with Gasteiger partial charge in [-0.3, -0.25) is 4.79 Å². The highest BCUT2D eigenvalue weighted by atomic mass is 16.1. The number of hydrogen-bond acceptors (Lipinski definition) is 3. The highest BCUT2D eigenvalue weighted by Crippen LogP contribution is 2.33. The molecule has 1 fully saturated rings. The fourth-order valence-corrected chi connectivity index (χ4v) is 1.90. The Bertz CT molecular complexity index is 407. The quantitative estimate of drug-likeness (QED) is 0.819. The first-order valence-electron chi connectivity index (χ1n) is 5.48. The summed E-state index contributed by atoms with van der Waals surface area (Å²) in [5.74, 6) is 0.488. The topological polar surface area (TPSA) is 46.9 Å². The van der Waals surface area contributed by atoms with Gasteiger partial charge in [-0.2, -0.15) is 0 Å². The standard InChI is InChI=1S/C11H17N3O/c1-3-14-8-7-12-9(10(14)15)13-11(2)5-4-6-11/h7-8H,3-6H2,1-2H3,(H,12,13). The van der Waals surface area contributed by atoms with E-state index in [1.54, 1.807) is 17.0 Å². The molecule has 1 aliphatic rings. The van der Waals surface area contributed by atoms with E-state index in [9.17, 15) is 4.79 Å². The van der Waals surface area contributed by atoms with E-state index in [-0.39, 0.29) is 11.1 Å². The molecule has 0 saturated heterocycles. The minimum absolute atomic E-state index is 0.0203. The van der Waals surface area contributed by atoms with Gasteiger partial charge in [0.15, 0.2) is 5.82 Å². The van der Waals surface area contributed by atoms with Crippen molar-refractivity contribution >= 4 is 5.82 Å². The van der Waals surface area contributed by atoms with Crippen LogP contribution in [-0.4, -0.2) is 15.1 Å². The second-order valence-corrected chi connectivity index (χ2v) is 4.41. The van der Waals surface area contributed by atoms with Crippen LogP contribution in [0.3, 0.4) is 0 Å². The fourth-order valence-electron chi connectivity index (χ4n) is 1.90. The third kappa shape index (κ3) is 1.89. The van der Waals surface area contributed by atoms with E-state index in [1.807, 2.05) is 6.92 Å². The van der Waals surface area contributed by atoms with Crippen molar-refractivity contribution in [3.8, 4) is 0 Å². The summed E-state index contributed by atoms with van der Waals surface area (Å²) in [6, 6.07) is 0. The summed E-state index contributed by atoms with van der Waals surface area (Å²) < 4.78 is 1.66. The molecule has 4 heteroatoms. The van der Waals surface area contributed by atoms with Gasteiger partial charge < -0.3 is 9.88 Å². The first-order chi connectivity index (χ1) is 7.14. The largest absolute Gasteiger partial charge is 0.360 e. The Hall–Kier alpha value is -1.32. The predicted molar refractivity (Wildman–Crippen MR) is 60.0 cm³/mol. The zero-order valence-electron chi connectivity index (χ0n) is 9.29. The Kier molecular flexibility index (Phi) is 2.50. The van der Waals surface area contributed by atoms with Crippen LogP contribution in [0.4, 0.5) is 5.82 Å². The monoisotopic (exact) mass is 207 g/mol. The lowest BCUT2D eigenvalue weighted by molar-refractivity contribution is 0.305. The van der Waals surface area contributed by atoms with Crippen LogP contribution < -0.4 is 10.9 Å². The van der Waals surface area contributed by atoms with Crippen LogP contribution >= 0.6 is 0 Å².